The van der Waals surface area contributed by atoms with Crippen LogP contribution in [0.4, 0.5) is 0 Å². The predicted octanol–water partition coefficient (Wildman–Crippen LogP) is 1.63. The molecule has 13 nitrogen and oxygen atoms in total. The molecule has 6 aliphatic rings. The smallest absolute Gasteiger partial charge is 0.290 e. The summed E-state index contributed by atoms with van der Waals surface area (Å²) in [6.45, 7) is 7.75. The second-order valence-electron chi connectivity index (χ2n) is 16.5. The van der Waals surface area contributed by atoms with E-state index in [4.69, 9.17) is 4.52 Å². The number of rotatable bonds is 10. The van der Waals surface area contributed by atoms with Gasteiger partial charge in [-0.1, -0.05) is 45.2 Å². The molecule has 2 aliphatic heterocycles. The van der Waals surface area contributed by atoms with Crippen molar-refractivity contribution >= 4 is 29.4 Å². The Kier molecular flexibility index (Phi) is 8.45. The highest BCUT2D eigenvalue weighted by Crippen LogP contribution is 2.61. The molecule has 2 saturated heterocycles. The average Bonchev–Trinajstić information content (AvgIpc) is 3.33. The van der Waals surface area contributed by atoms with Gasteiger partial charge >= 0.3 is 0 Å². The number of aliphatic hydroxyl groups is 1. The summed E-state index contributed by atoms with van der Waals surface area (Å²) in [5, 5.41) is 26.9. The minimum atomic E-state index is -1.23. The van der Waals surface area contributed by atoms with Gasteiger partial charge in [0, 0.05) is 18.7 Å². The minimum Gasteiger partial charge on any atom is -0.372 e. The number of amides is 4. The number of hydrogen-bond donors (Lipinski definition) is 5. The summed E-state index contributed by atoms with van der Waals surface area (Å²) in [5.41, 5.74) is -1.65. The third-order valence-corrected chi connectivity index (χ3v) is 12.2. The van der Waals surface area contributed by atoms with Crippen molar-refractivity contribution in [3.8, 4) is 0 Å². The van der Waals surface area contributed by atoms with Gasteiger partial charge in [-0.25, -0.2) is 0 Å². The Morgan fingerprint density at radius 2 is 1.81 bits per heavy atom. The number of Topliss-reactive ketones (excluding diaryl/α,β-unsaturated/α-hetero) is 1. The highest BCUT2D eigenvalue weighted by Gasteiger charge is 2.71. The lowest BCUT2D eigenvalue weighted by Gasteiger charge is -2.46. The summed E-state index contributed by atoms with van der Waals surface area (Å²) in [4.78, 5) is 71.1. The van der Waals surface area contributed by atoms with Crippen molar-refractivity contribution in [2.75, 3.05) is 6.54 Å². The molecule has 262 valence electrons. The molecule has 3 heterocycles. The van der Waals surface area contributed by atoms with Crippen LogP contribution in [0, 0.1) is 41.9 Å². The molecule has 48 heavy (non-hydrogen) atoms. The predicted molar refractivity (Wildman–Crippen MR) is 171 cm³/mol. The monoisotopic (exact) mass is 666 g/mol. The maximum absolute atomic E-state index is 14.6. The Hall–Kier alpha value is -3.32. The topological polar surface area (TPSA) is 183 Å². The van der Waals surface area contributed by atoms with Crippen LogP contribution in [0.3, 0.4) is 0 Å². The lowest BCUT2D eigenvalue weighted by Crippen LogP contribution is -2.71. The van der Waals surface area contributed by atoms with Gasteiger partial charge in [0.15, 0.2) is 6.23 Å². The Morgan fingerprint density at radius 3 is 2.46 bits per heavy atom. The molecule has 4 aliphatic carbocycles. The first-order valence-corrected chi connectivity index (χ1v) is 17.9. The van der Waals surface area contributed by atoms with Crippen molar-refractivity contribution in [1.82, 2.24) is 31.3 Å². The summed E-state index contributed by atoms with van der Waals surface area (Å²) >= 11 is 0. The van der Waals surface area contributed by atoms with Crippen molar-refractivity contribution < 1.29 is 33.6 Å². The SMILES string of the molecule is Cc1cc(C(O)N[C@H](C(=O)N[C@H](C(=O)N2C[C@@H]3CC4CCC5(C(=O)C(=O)NC6CC6)NC(=O)C2[C@H]3C45)C(C)(C)C)C2CCCCC2)no1. The third-order valence-electron chi connectivity index (χ3n) is 12.2. The molecule has 0 spiro atoms. The molecule has 7 rings (SSSR count). The first-order valence-electron chi connectivity index (χ1n) is 17.9. The van der Waals surface area contributed by atoms with Gasteiger partial charge in [0.25, 0.3) is 5.91 Å². The standard InChI is InChI=1S/C35H50N6O7/c1-17-14-22(40-48-17)29(43)37-25(18-8-6-5-7-9-18)30(44)38-27(34(2,3)4)33(47)41-16-20-15-19-12-13-35(28(42)32(46)36-21-10-11-21)24(19)23(20)26(41)31(45)39-35/h14,18-21,23-27,29,37,43H,5-13,15-16H2,1-4H3,(H,36,46)(H,38,44)(H,39,45)/t19?,20-,23+,24?,25-,26?,27+,29?,35?/m0/s1. The van der Waals surface area contributed by atoms with E-state index in [1.54, 1.807) is 17.9 Å². The first-order chi connectivity index (χ1) is 22.8. The maximum Gasteiger partial charge on any atom is 0.290 e. The largest absolute Gasteiger partial charge is 0.372 e. The molecule has 5 unspecified atom stereocenters. The quantitative estimate of drug-likeness (QED) is 0.183. The normalized spacial score (nSPS) is 33.1. The van der Waals surface area contributed by atoms with Crippen molar-refractivity contribution in [3.05, 3.63) is 17.5 Å². The van der Waals surface area contributed by atoms with E-state index in [1.807, 2.05) is 20.8 Å². The van der Waals surface area contributed by atoms with E-state index in [0.717, 1.165) is 57.8 Å². The summed E-state index contributed by atoms with van der Waals surface area (Å²) in [5.74, 6) is -1.97. The number of aliphatic hydroxyl groups excluding tert-OH is 1. The number of carbonyl (C=O) groups excluding carboxylic acids is 5. The number of nitrogens with zero attached hydrogens (tertiary/aromatic N) is 2. The number of piperidine rings is 1. The summed E-state index contributed by atoms with van der Waals surface area (Å²) < 4.78 is 5.14. The van der Waals surface area contributed by atoms with E-state index in [1.165, 1.54) is 0 Å². The Morgan fingerprint density at radius 1 is 1.08 bits per heavy atom. The molecule has 4 amide bonds. The van der Waals surface area contributed by atoms with Crippen molar-refractivity contribution in [1.29, 1.82) is 0 Å². The fourth-order valence-electron chi connectivity index (χ4n) is 9.83. The van der Waals surface area contributed by atoms with Crippen molar-refractivity contribution in [2.24, 2.45) is 35.0 Å². The lowest BCUT2D eigenvalue weighted by molar-refractivity contribution is -0.153. The van der Waals surface area contributed by atoms with Crippen LogP contribution in [0.2, 0.25) is 0 Å². The molecule has 0 aromatic carbocycles. The summed E-state index contributed by atoms with van der Waals surface area (Å²) in [7, 11) is 0. The van der Waals surface area contributed by atoms with Gasteiger partial charge < -0.3 is 30.5 Å². The van der Waals surface area contributed by atoms with Crippen LogP contribution in [0.5, 0.6) is 0 Å². The zero-order valence-electron chi connectivity index (χ0n) is 28.4. The van der Waals surface area contributed by atoms with Gasteiger partial charge in [-0.3, -0.25) is 29.3 Å². The van der Waals surface area contributed by atoms with E-state index >= 15 is 0 Å². The zero-order valence-corrected chi connectivity index (χ0v) is 28.4. The maximum atomic E-state index is 14.6. The molecule has 1 aromatic heterocycles. The third kappa shape index (κ3) is 5.74. The van der Waals surface area contributed by atoms with E-state index in [2.05, 4.69) is 26.4 Å². The molecule has 9 atom stereocenters. The van der Waals surface area contributed by atoms with E-state index in [-0.39, 0.29) is 53.1 Å². The van der Waals surface area contributed by atoms with Gasteiger partial charge in [0.05, 0.1) is 6.04 Å². The number of likely N-dealkylation sites (tertiary alicyclic amines) is 1. The van der Waals surface area contributed by atoms with Gasteiger partial charge in [0.1, 0.15) is 29.1 Å². The first kappa shape index (κ1) is 33.2. The van der Waals surface area contributed by atoms with Crippen LogP contribution < -0.4 is 21.3 Å². The number of carbonyl (C=O) groups is 5. The summed E-state index contributed by atoms with van der Waals surface area (Å²) in [6, 6.07) is -0.850. The van der Waals surface area contributed by atoms with E-state index in [9.17, 15) is 29.1 Å². The molecule has 0 bridgehead atoms. The van der Waals surface area contributed by atoms with E-state index in [0.29, 0.717) is 18.7 Å². The molecule has 13 heteroatoms. The number of hydrogen-bond acceptors (Lipinski definition) is 9. The van der Waals surface area contributed by atoms with Crippen molar-refractivity contribution in [3.63, 3.8) is 0 Å². The fourth-order valence-corrected chi connectivity index (χ4v) is 9.83. The molecule has 0 radical (unpaired) electrons. The van der Waals surface area contributed by atoms with Gasteiger partial charge in [-0.15, -0.1) is 0 Å². The zero-order chi connectivity index (χ0) is 34.1. The van der Waals surface area contributed by atoms with Crippen LogP contribution in [-0.4, -0.2) is 80.8 Å². The Balaban J connectivity index is 1.11. The van der Waals surface area contributed by atoms with Crippen molar-refractivity contribution in [2.45, 2.75) is 128 Å². The molecule has 1 aromatic rings. The molecule has 5 N–H and O–H groups in total. The van der Waals surface area contributed by atoms with E-state index < -0.39 is 52.9 Å². The molecule has 4 saturated carbocycles. The van der Waals surface area contributed by atoms with Crippen LogP contribution >= 0.6 is 0 Å². The Labute approximate surface area is 281 Å². The highest BCUT2D eigenvalue weighted by atomic mass is 16.5. The Bertz CT molecular complexity index is 1480. The van der Waals surface area contributed by atoms with Crippen LogP contribution in [0.1, 0.15) is 103 Å². The fraction of sp³-hybridized carbons (Fsp3) is 0.771. The molecular weight excluding hydrogens is 616 g/mol. The molecule has 6 fully saturated rings. The van der Waals surface area contributed by atoms with Crippen LogP contribution in [-0.2, 0) is 24.0 Å². The highest BCUT2D eigenvalue weighted by molar-refractivity contribution is 6.40. The van der Waals surface area contributed by atoms with Gasteiger partial charge in [-0.2, -0.15) is 0 Å². The number of aromatic nitrogens is 1. The summed E-state index contributed by atoms with van der Waals surface area (Å²) in [6.07, 6.45) is 7.12. The van der Waals surface area contributed by atoms with Crippen LogP contribution in [0.15, 0.2) is 10.6 Å². The average molecular weight is 667 g/mol. The number of aryl methyl sites for hydroxylation is 1. The van der Waals surface area contributed by atoms with Gasteiger partial charge in [0.2, 0.25) is 23.5 Å². The minimum absolute atomic E-state index is 0.0326. The lowest BCUT2D eigenvalue weighted by atomic mass is 9.69. The number of nitrogens with one attached hydrogen (secondary N) is 4. The second kappa shape index (κ2) is 12.2. The van der Waals surface area contributed by atoms with Crippen LogP contribution in [0.25, 0.3) is 0 Å². The second-order valence-corrected chi connectivity index (χ2v) is 16.5. The number of ketones is 1. The van der Waals surface area contributed by atoms with Gasteiger partial charge in [-0.05, 0) is 86.9 Å². The molecular formula is C35H50N6O7.